The number of nitrogens with one attached hydrogen (secondary N) is 1. The minimum atomic E-state index is -1.51. The molecule has 0 heterocycles. The van der Waals surface area contributed by atoms with Crippen molar-refractivity contribution in [3.63, 3.8) is 0 Å². The first-order chi connectivity index (χ1) is 10.2. The highest BCUT2D eigenvalue weighted by atomic mass is 19.1. The van der Waals surface area contributed by atoms with Crippen molar-refractivity contribution in [2.24, 2.45) is 0 Å². The molecule has 6 nitrogen and oxygen atoms in total. The van der Waals surface area contributed by atoms with E-state index in [-0.39, 0.29) is 17.9 Å². The molecule has 0 spiro atoms. The number of benzene rings is 1. The molecule has 0 aliphatic carbocycles. The van der Waals surface area contributed by atoms with Gasteiger partial charge in [0.05, 0.1) is 7.11 Å². The molecular weight excluding hydrogens is 293 g/mol. The van der Waals surface area contributed by atoms with Gasteiger partial charge >= 0.3 is 6.09 Å². The highest BCUT2D eigenvalue weighted by molar-refractivity contribution is 5.67. The van der Waals surface area contributed by atoms with Gasteiger partial charge in [0, 0.05) is 12.1 Å². The Morgan fingerprint density at radius 3 is 2.55 bits per heavy atom. The summed E-state index contributed by atoms with van der Waals surface area (Å²) in [7, 11) is 1.30. The minimum absolute atomic E-state index is 0.0381. The van der Waals surface area contributed by atoms with E-state index in [0.717, 1.165) is 0 Å². The maximum absolute atomic E-state index is 14.0. The lowest BCUT2D eigenvalue weighted by Gasteiger charge is -2.22. The van der Waals surface area contributed by atoms with Gasteiger partial charge < -0.3 is 25.0 Å². The number of aliphatic hydroxyl groups is 2. The lowest BCUT2D eigenvalue weighted by Crippen LogP contribution is -2.39. The second-order valence-corrected chi connectivity index (χ2v) is 5.76. The fourth-order valence-electron chi connectivity index (χ4n) is 1.73. The number of aliphatic hydroxyl groups excluding tert-OH is 2. The van der Waals surface area contributed by atoms with E-state index in [1.54, 1.807) is 20.8 Å². The number of carbonyl (C=O) groups excluding carboxylic acids is 1. The number of hydrogen-bond donors (Lipinski definition) is 3. The van der Waals surface area contributed by atoms with Crippen molar-refractivity contribution in [2.75, 3.05) is 13.7 Å². The lowest BCUT2D eigenvalue weighted by molar-refractivity contribution is 0.0111. The molecule has 0 fully saturated rings. The van der Waals surface area contributed by atoms with Gasteiger partial charge in [-0.15, -0.1) is 0 Å². The van der Waals surface area contributed by atoms with Gasteiger partial charge in [-0.3, -0.25) is 0 Å². The summed E-state index contributed by atoms with van der Waals surface area (Å²) in [5.41, 5.74) is -0.787. The first-order valence-electron chi connectivity index (χ1n) is 6.81. The van der Waals surface area contributed by atoms with E-state index >= 15 is 0 Å². The van der Waals surface area contributed by atoms with Gasteiger partial charge in [-0.1, -0.05) is 12.1 Å². The standard InChI is InChI=1S/C15H22FNO5/c1-15(2,3)22-14(20)17-8-10(18)13(19)9-6-5-7-11(21-4)12(9)16/h5-7,10,13,18-19H,8H2,1-4H3,(H,17,20). The Balaban J connectivity index is 2.66. The van der Waals surface area contributed by atoms with Gasteiger partial charge in [-0.25, -0.2) is 9.18 Å². The molecule has 0 aliphatic heterocycles. The number of alkyl carbamates (subject to hydrolysis) is 1. The molecule has 22 heavy (non-hydrogen) atoms. The van der Waals surface area contributed by atoms with E-state index in [2.05, 4.69) is 5.32 Å². The first-order valence-corrected chi connectivity index (χ1v) is 6.81. The number of rotatable bonds is 5. The van der Waals surface area contributed by atoms with Crippen LogP contribution in [0.15, 0.2) is 18.2 Å². The van der Waals surface area contributed by atoms with Crippen LogP contribution in [0, 0.1) is 5.82 Å². The Kier molecular flexibility index (Phi) is 6.13. The lowest BCUT2D eigenvalue weighted by atomic mass is 10.0. The predicted octanol–water partition coefficient (Wildman–Crippen LogP) is 1.75. The van der Waals surface area contributed by atoms with Crippen LogP contribution < -0.4 is 10.1 Å². The fraction of sp³-hybridized carbons (Fsp3) is 0.533. The quantitative estimate of drug-likeness (QED) is 0.770. The summed E-state index contributed by atoms with van der Waals surface area (Å²) in [4.78, 5) is 11.5. The summed E-state index contributed by atoms with van der Waals surface area (Å²) in [6.45, 7) is 4.81. The Bertz CT molecular complexity index is 515. The second-order valence-electron chi connectivity index (χ2n) is 5.76. The maximum atomic E-state index is 14.0. The number of ether oxygens (including phenoxy) is 2. The number of hydrogen-bond acceptors (Lipinski definition) is 5. The Labute approximate surface area is 128 Å². The van der Waals surface area contributed by atoms with Crippen molar-refractivity contribution in [1.82, 2.24) is 5.32 Å². The van der Waals surface area contributed by atoms with E-state index in [0.29, 0.717) is 0 Å². The summed E-state index contributed by atoms with van der Waals surface area (Å²) in [6.07, 6.45) is -3.64. The van der Waals surface area contributed by atoms with Gasteiger partial charge in [0.1, 0.15) is 17.8 Å². The smallest absolute Gasteiger partial charge is 0.407 e. The molecule has 2 unspecified atom stereocenters. The third-order valence-corrected chi connectivity index (χ3v) is 2.75. The molecule has 1 rings (SSSR count). The summed E-state index contributed by atoms with van der Waals surface area (Å²) < 4.78 is 23.8. The van der Waals surface area contributed by atoms with Crippen LogP contribution in [0.2, 0.25) is 0 Å². The van der Waals surface area contributed by atoms with Crippen LogP contribution in [0.1, 0.15) is 32.4 Å². The third kappa shape index (κ3) is 5.16. The molecule has 0 radical (unpaired) electrons. The second kappa shape index (κ2) is 7.42. The largest absolute Gasteiger partial charge is 0.494 e. The Morgan fingerprint density at radius 2 is 2.00 bits per heavy atom. The summed E-state index contributed by atoms with van der Waals surface area (Å²) in [6, 6.07) is 4.23. The average Bonchev–Trinajstić information content (AvgIpc) is 2.42. The van der Waals surface area contributed by atoms with Crippen molar-refractivity contribution in [1.29, 1.82) is 0 Å². The minimum Gasteiger partial charge on any atom is -0.494 e. The van der Waals surface area contributed by atoms with Crippen molar-refractivity contribution >= 4 is 6.09 Å². The van der Waals surface area contributed by atoms with E-state index in [9.17, 15) is 19.4 Å². The number of halogens is 1. The molecule has 124 valence electrons. The van der Waals surface area contributed by atoms with E-state index in [1.165, 1.54) is 25.3 Å². The average molecular weight is 315 g/mol. The normalized spacial score (nSPS) is 14.1. The van der Waals surface area contributed by atoms with Crippen LogP contribution in [0.25, 0.3) is 0 Å². The SMILES string of the molecule is COc1cccc(C(O)C(O)CNC(=O)OC(C)(C)C)c1F. The molecule has 0 aromatic heterocycles. The van der Waals surface area contributed by atoms with Gasteiger partial charge in [0.15, 0.2) is 11.6 Å². The Morgan fingerprint density at radius 1 is 1.36 bits per heavy atom. The van der Waals surface area contributed by atoms with E-state index < -0.39 is 29.7 Å². The maximum Gasteiger partial charge on any atom is 0.407 e. The van der Waals surface area contributed by atoms with Gasteiger partial charge in [-0.2, -0.15) is 0 Å². The summed E-state index contributed by atoms with van der Waals surface area (Å²) in [5, 5.41) is 22.2. The third-order valence-electron chi connectivity index (χ3n) is 2.75. The molecular formula is C15H22FNO5. The van der Waals surface area contributed by atoms with Crippen LogP contribution in [0.3, 0.4) is 0 Å². The molecule has 3 N–H and O–H groups in total. The zero-order valence-electron chi connectivity index (χ0n) is 13.1. The van der Waals surface area contributed by atoms with Crippen molar-refractivity contribution in [2.45, 2.75) is 38.6 Å². The van der Waals surface area contributed by atoms with Crippen LogP contribution in [0.5, 0.6) is 5.75 Å². The molecule has 0 saturated heterocycles. The Hall–Kier alpha value is -1.86. The number of amides is 1. The van der Waals surface area contributed by atoms with Crippen molar-refractivity contribution < 1.29 is 28.9 Å². The molecule has 0 aliphatic rings. The molecule has 1 amide bonds. The van der Waals surface area contributed by atoms with Crippen LogP contribution in [-0.4, -0.2) is 41.7 Å². The van der Waals surface area contributed by atoms with Gasteiger partial charge in [0.25, 0.3) is 0 Å². The topological polar surface area (TPSA) is 88.0 Å². The molecule has 1 aromatic rings. The number of methoxy groups -OCH3 is 1. The van der Waals surface area contributed by atoms with Crippen LogP contribution >= 0.6 is 0 Å². The predicted molar refractivity (Wildman–Crippen MR) is 78.2 cm³/mol. The van der Waals surface area contributed by atoms with Gasteiger partial charge in [-0.05, 0) is 26.8 Å². The summed E-state index contributed by atoms with van der Waals surface area (Å²) in [5.74, 6) is -0.794. The zero-order chi connectivity index (χ0) is 16.9. The highest BCUT2D eigenvalue weighted by Crippen LogP contribution is 2.26. The van der Waals surface area contributed by atoms with E-state index in [1.807, 2.05) is 0 Å². The fourth-order valence-corrected chi connectivity index (χ4v) is 1.73. The molecule has 0 saturated carbocycles. The number of carbonyl (C=O) groups is 1. The monoisotopic (exact) mass is 315 g/mol. The van der Waals surface area contributed by atoms with Gasteiger partial charge in [0.2, 0.25) is 0 Å². The molecule has 0 bridgehead atoms. The van der Waals surface area contributed by atoms with Crippen molar-refractivity contribution in [3.8, 4) is 5.75 Å². The van der Waals surface area contributed by atoms with Crippen LogP contribution in [-0.2, 0) is 4.74 Å². The molecule has 2 atom stereocenters. The molecule has 1 aromatic carbocycles. The van der Waals surface area contributed by atoms with Crippen molar-refractivity contribution in [3.05, 3.63) is 29.6 Å². The molecule has 7 heteroatoms. The van der Waals surface area contributed by atoms with E-state index in [4.69, 9.17) is 9.47 Å². The zero-order valence-corrected chi connectivity index (χ0v) is 13.1. The summed E-state index contributed by atoms with van der Waals surface area (Å²) >= 11 is 0. The first kappa shape index (κ1) is 18.2. The highest BCUT2D eigenvalue weighted by Gasteiger charge is 2.24. The van der Waals surface area contributed by atoms with Crippen LogP contribution in [0.4, 0.5) is 9.18 Å².